The van der Waals surface area contributed by atoms with Gasteiger partial charge in [-0.15, -0.1) is 37.7 Å². The third kappa shape index (κ3) is 12.0. The number of hydrogen-bond acceptors (Lipinski definition) is 0. The van der Waals surface area contributed by atoms with E-state index in [0.717, 1.165) is 12.8 Å². The van der Waals surface area contributed by atoms with Gasteiger partial charge >= 0.3 is 30.2 Å². The van der Waals surface area contributed by atoms with Crippen molar-refractivity contribution in [3.8, 4) is 0 Å². The van der Waals surface area contributed by atoms with Crippen molar-refractivity contribution in [2.24, 2.45) is 0 Å². The van der Waals surface area contributed by atoms with Gasteiger partial charge in [0.1, 0.15) is 0 Å². The zero-order valence-corrected chi connectivity index (χ0v) is 30.5. The summed E-state index contributed by atoms with van der Waals surface area (Å²) in [7, 11) is 0. The van der Waals surface area contributed by atoms with Gasteiger partial charge in [-0.05, 0) is 21.5 Å². The van der Waals surface area contributed by atoms with Crippen LogP contribution in [0, 0.1) is 24.3 Å². The molecule has 0 saturated heterocycles. The van der Waals surface area contributed by atoms with E-state index in [-0.39, 0.29) is 24.8 Å². The minimum absolute atomic E-state index is 0. The molecule has 4 heteroatoms. The molecule has 0 nitrogen and oxygen atoms in total. The van der Waals surface area contributed by atoms with Gasteiger partial charge in [-0.3, -0.25) is 12.2 Å². The molecule has 46 heavy (non-hydrogen) atoms. The summed E-state index contributed by atoms with van der Waals surface area (Å²) in [4.78, 5) is 0. The molecule has 0 heterocycles. The molecule has 0 saturated carbocycles. The molecule has 2 radical (unpaired) electrons. The van der Waals surface area contributed by atoms with Crippen molar-refractivity contribution < 1.29 is 23.3 Å². The normalized spacial score (nSPS) is 11.6. The molecule has 6 aromatic rings. The summed E-state index contributed by atoms with van der Waals surface area (Å²) in [5.41, 5.74) is 5.23. The molecule has 0 N–H and O–H groups in total. The van der Waals surface area contributed by atoms with Crippen molar-refractivity contribution in [2.45, 2.75) is 12.8 Å². The molecule has 0 atom stereocenters. The van der Waals surface area contributed by atoms with E-state index < -0.39 is 0 Å². The topological polar surface area (TPSA) is 0 Å². The molecule has 8 rings (SSSR count). The third-order valence-corrected chi connectivity index (χ3v) is 6.81. The molecular formula is C42H34Cl2SiZr-4. The Bertz CT molecular complexity index is 1640. The van der Waals surface area contributed by atoms with Crippen LogP contribution in [0.5, 0.6) is 0 Å². The van der Waals surface area contributed by atoms with Crippen LogP contribution in [0.4, 0.5) is 0 Å². The molecule has 0 bridgehead atoms. The summed E-state index contributed by atoms with van der Waals surface area (Å²) in [6.45, 7) is 3.06. The number of allylic oxidation sites excluding steroid dienone is 8. The van der Waals surface area contributed by atoms with Gasteiger partial charge in [0, 0.05) is 0 Å². The van der Waals surface area contributed by atoms with Gasteiger partial charge in [-0.1, -0.05) is 96.1 Å². The molecule has 0 unspecified atom stereocenters. The van der Waals surface area contributed by atoms with E-state index in [4.69, 9.17) is 0 Å². The van der Waals surface area contributed by atoms with E-state index in [2.05, 4.69) is 140 Å². The summed E-state index contributed by atoms with van der Waals surface area (Å²) < 4.78 is 0. The predicted octanol–water partition coefficient (Wildman–Crippen LogP) is 11.4. The Morgan fingerprint density at radius 3 is 1.11 bits per heavy atom. The SMILES string of the molecule is Cl.Cl.[C-]1=CC(c2cccc3ccccc23)=CC1.[C-]1=CC(c2cccc3ccccc23)=CC1.[Si]=[Zr].[c-]1ccccc1.[c-]1ccccc1. The van der Waals surface area contributed by atoms with Gasteiger partial charge in [0.05, 0.1) is 0 Å². The molecule has 0 fully saturated rings. The van der Waals surface area contributed by atoms with Gasteiger partial charge in [-0.25, -0.2) is 12.2 Å². The maximum atomic E-state index is 3.22. The summed E-state index contributed by atoms with van der Waals surface area (Å²) in [5.74, 6) is 0. The summed E-state index contributed by atoms with van der Waals surface area (Å²) >= 11 is 1.36. The van der Waals surface area contributed by atoms with Crippen LogP contribution in [-0.2, 0) is 23.3 Å². The Labute approximate surface area is 303 Å². The monoisotopic (exact) mass is 726 g/mol. The predicted molar refractivity (Wildman–Crippen MR) is 200 cm³/mol. The van der Waals surface area contributed by atoms with Crippen LogP contribution >= 0.6 is 24.8 Å². The van der Waals surface area contributed by atoms with Crippen molar-refractivity contribution in [1.29, 1.82) is 0 Å². The number of benzene rings is 6. The van der Waals surface area contributed by atoms with Gasteiger partial charge in [0.25, 0.3) is 0 Å². The van der Waals surface area contributed by atoms with E-state index in [1.165, 1.54) is 67.2 Å². The Morgan fingerprint density at radius 2 is 0.804 bits per heavy atom. The molecule has 2 aliphatic carbocycles. The second kappa shape index (κ2) is 22.9. The van der Waals surface area contributed by atoms with Gasteiger partial charge < -0.3 is 0 Å². The molecule has 0 aliphatic heterocycles. The first-order valence-corrected chi connectivity index (χ1v) is 18.7. The van der Waals surface area contributed by atoms with E-state index in [1.54, 1.807) is 0 Å². The Morgan fingerprint density at radius 1 is 0.435 bits per heavy atom. The molecule has 228 valence electrons. The zero-order valence-electron chi connectivity index (χ0n) is 25.4. The largest absolute Gasteiger partial charge is 0.184 e. The second-order valence-corrected chi connectivity index (χ2v) is 9.63. The molecule has 0 spiro atoms. The van der Waals surface area contributed by atoms with Gasteiger partial charge in [0.2, 0.25) is 0 Å². The zero-order chi connectivity index (χ0) is 30.7. The minimum Gasteiger partial charge on any atom is -0.184 e. The Balaban J connectivity index is 0.000000222. The van der Waals surface area contributed by atoms with Crippen LogP contribution in [0.3, 0.4) is 0 Å². The fourth-order valence-corrected chi connectivity index (χ4v) is 4.81. The average molecular weight is 729 g/mol. The van der Waals surface area contributed by atoms with Crippen molar-refractivity contribution in [1.82, 2.24) is 0 Å². The summed E-state index contributed by atoms with van der Waals surface area (Å²) in [6.07, 6.45) is 16.9. The first-order chi connectivity index (χ1) is 21.9. The van der Waals surface area contributed by atoms with Crippen molar-refractivity contribution >= 4 is 64.4 Å². The van der Waals surface area contributed by atoms with E-state index in [0.29, 0.717) is 0 Å². The van der Waals surface area contributed by atoms with Crippen molar-refractivity contribution in [3.05, 3.63) is 205 Å². The maximum absolute atomic E-state index is 3.22. The Kier molecular flexibility index (Phi) is 19.2. The smallest absolute Gasteiger partial charge is 0.171 e. The van der Waals surface area contributed by atoms with Gasteiger partial charge in [0.15, 0.2) is 0 Å². The van der Waals surface area contributed by atoms with Crippen LogP contribution in [0.15, 0.2) is 170 Å². The standard InChI is InChI=1S/2C15H11.2C6H5.2ClH.Si.Zr/c2*1-2-7-12(6-1)15-11-5-9-13-8-3-4-10-14(13)15;2*1-2-4-6-5-3-1;;;;/h2*3-11H,1H2;2*1-5H;2*1H;;/q4*-1;;;;. The molecule has 2 aliphatic rings. The number of halogens is 2. The van der Waals surface area contributed by atoms with Crippen LogP contribution in [0.1, 0.15) is 24.0 Å². The number of fused-ring (bicyclic) bond motifs is 2. The quantitative estimate of drug-likeness (QED) is 0.123. The molecule has 6 aromatic carbocycles. The van der Waals surface area contributed by atoms with E-state index in [1.807, 2.05) is 60.7 Å². The van der Waals surface area contributed by atoms with Crippen molar-refractivity contribution in [2.75, 3.05) is 0 Å². The minimum atomic E-state index is 0. The van der Waals surface area contributed by atoms with Crippen molar-refractivity contribution in [3.63, 3.8) is 0 Å². The van der Waals surface area contributed by atoms with E-state index >= 15 is 0 Å². The third-order valence-electron chi connectivity index (χ3n) is 6.81. The fraction of sp³-hybridized carbons (Fsp3) is 0.0476. The van der Waals surface area contributed by atoms with E-state index in [9.17, 15) is 0 Å². The number of hydrogen-bond donors (Lipinski definition) is 0. The average Bonchev–Trinajstić information content (AvgIpc) is 3.87. The fourth-order valence-electron chi connectivity index (χ4n) is 4.81. The summed E-state index contributed by atoms with van der Waals surface area (Å²) in [6, 6.07) is 54.9. The van der Waals surface area contributed by atoms with Crippen LogP contribution in [0.25, 0.3) is 32.7 Å². The molecule has 0 aromatic heterocycles. The second-order valence-electron chi connectivity index (χ2n) is 9.63. The summed E-state index contributed by atoms with van der Waals surface area (Å²) in [5, 5.41) is 5.25. The van der Waals surface area contributed by atoms with Gasteiger partial charge in [-0.2, -0.15) is 96.1 Å². The molecular weight excluding hydrogens is 695 g/mol. The van der Waals surface area contributed by atoms with Crippen LogP contribution in [0.2, 0.25) is 0 Å². The first kappa shape index (κ1) is 38.7. The van der Waals surface area contributed by atoms with Crippen LogP contribution in [-0.4, -0.2) is 6.88 Å². The molecule has 0 amide bonds. The number of rotatable bonds is 2. The first-order valence-electron chi connectivity index (χ1n) is 14.5. The van der Waals surface area contributed by atoms with Crippen LogP contribution < -0.4 is 0 Å². The Hall–Kier alpha value is -3.52. The maximum Gasteiger partial charge on any atom is -0.171 e.